The van der Waals surface area contributed by atoms with E-state index in [1.54, 1.807) is 31.2 Å². The fourth-order valence-corrected chi connectivity index (χ4v) is 2.51. The average molecular weight is 441 g/mol. The number of rotatable bonds is 9. The number of nitrogens with one attached hydrogen (secondary N) is 2. The number of ether oxygens (including phenoxy) is 2. The van der Waals surface area contributed by atoms with Gasteiger partial charge in [-0.1, -0.05) is 29.8 Å². The normalized spacial score (nSPS) is 11.5. The minimum atomic E-state index is -3.02. The molecule has 30 heavy (non-hydrogen) atoms. The Hall–Kier alpha value is -3.20. The first-order valence-corrected chi connectivity index (χ1v) is 9.16. The van der Waals surface area contributed by atoms with Crippen molar-refractivity contribution in [3.05, 3.63) is 64.7 Å². The molecule has 0 fully saturated rings. The smallest absolute Gasteiger partial charge is 0.387 e. The van der Waals surface area contributed by atoms with Gasteiger partial charge in [-0.05, 0) is 42.8 Å². The molecule has 0 aromatic heterocycles. The lowest BCUT2D eigenvalue weighted by Gasteiger charge is -2.14. The first kappa shape index (κ1) is 23.1. The zero-order valence-corrected chi connectivity index (χ0v) is 16.6. The molecule has 0 aliphatic rings. The molecule has 7 nitrogen and oxygen atoms in total. The van der Waals surface area contributed by atoms with Gasteiger partial charge in [0.1, 0.15) is 12.3 Å². The van der Waals surface area contributed by atoms with Crippen LogP contribution >= 0.6 is 11.6 Å². The molecule has 0 unspecified atom stereocenters. The molecule has 160 valence electrons. The highest BCUT2D eigenvalue weighted by Gasteiger charge is 2.14. The van der Waals surface area contributed by atoms with Crippen molar-refractivity contribution in [2.24, 2.45) is 0 Å². The lowest BCUT2D eigenvalue weighted by Crippen LogP contribution is -2.34. The number of alkyl halides is 2. The molecule has 0 spiro atoms. The molecule has 1 atom stereocenters. The molecule has 0 saturated carbocycles. The summed E-state index contributed by atoms with van der Waals surface area (Å²) in [6.45, 7) is -2.29. The first-order chi connectivity index (χ1) is 14.2. The maximum Gasteiger partial charge on any atom is 0.387 e. The Morgan fingerprint density at radius 1 is 1.10 bits per heavy atom. The summed E-state index contributed by atoms with van der Waals surface area (Å²) >= 11 is 5.81. The van der Waals surface area contributed by atoms with Crippen LogP contribution in [-0.4, -0.2) is 37.5 Å². The van der Waals surface area contributed by atoms with Crippen LogP contribution in [0, 0.1) is 0 Å². The monoisotopic (exact) mass is 440 g/mol. The maximum atomic E-state index is 12.2. The quantitative estimate of drug-likeness (QED) is 0.584. The van der Waals surface area contributed by atoms with Crippen LogP contribution in [0.25, 0.3) is 0 Å². The fourth-order valence-electron chi connectivity index (χ4n) is 2.38. The molecule has 2 N–H and O–H groups in total. The van der Waals surface area contributed by atoms with E-state index >= 15 is 0 Å². The van der Waals surface area contributed by atoms with Crippen LogP contribution in [0.15, 0.2) is 48.5 Å². The van der Waals surface area contributed by atoms with Gasteiger partial charge in [0, 0.05) is 10.6 Å². The summed E-state index contributed by atoms with van der Waals surface area (Å²) < 4.78 is 33.5. The molecule has 2 rings (SSSR count). The Kier molecular flexibility index (Phi) is 8.54. The summed E-state index contributed by atoms with van der Waals surface area (Å²) in [5, 5.41) is 5.51. The topological polar surface area (TPSA) is 93.7 Å². The third-order valence-electron chi connectivity index (χ3n) is 3.83. The van der Waals surface area contributed by atoms with Crippen molar-refractivity contribution in [2.75, 3.05) is 13.2 Å². The van der Waals surface area contributed by atoms with E-state index in [-0.39, 0.29) is 17.4 Å². The predicted molar refractivity (Wildman–Crippen MR) is 104 cm³/mol. The van der Waals surface area contributed by atoms with Crippen molar-refractivity contribution in [3.8, 4) is 5.75 Å². The van der Waals surface area contributed by atoms with E-state index in [9.17, 15) is 23.2 Å². The number of amides is 2. The van der Waals surface area contributed by atoms with Crippen LogP contribution in [0.1, 0.15) is 28.9 Å². The molecule has 2 amide bonds. The molecule has 0 aliphatic carbocycles. The Morgan fingerprint density at radius 2 is 1.80 bits per heavy atom. The van der Waals surface area contributed by atoms with Crippen LogP contribution in [0.5, 0.6) is 5.75 Å². The van der Waals surface area contributed by atoms with Gasteiger partial charge in [0.2, 0.25) is 0 Å². The van der Waals surface area contributed by atoms with Crippen LogP contribution in [0.3, 0.4) is 0 Å². The molecular weight excluding hydrogens is 422 g/mol. The van der Waals surface area contributed by atoms with Crippen LogP contribution in [-0.2, 0) is 14.3 Å². The Balaban J connectivity index is 1.74. The number of benzene rings is 2. The van der Waals surface area contributed by atoms with Gasteiger partial charge in [-0.25, -0.2) is 0 Å². The minimum absolute atomic E-state index is 0.0236. The second-order valence-corrected chi connectivity index (χ2v) is 6.53. The van der Waals surface area contributed by atoms with E-state index in [1.807, 2.05) is 0 Å². The van der Waals surface area contributed by atoms with E-state index in [4.69, 9.17) is 16.3 Å². The number of carbonyl (C=O) groups excluding carboxylic acids is 3. The molecule has 0 saturated heterocycles. The summed E-state index contributed by atoms with van der Waals surface area (Å²) in [7, 11) is 0. The van der Waals surface area contributed by atoms with Crippen LogP contribution < -0.4 is 15.4 Å². The number of carbonyl (C=O) groups is 3. The highest BCUT2D eigenvalue weighted by atomic mass is 35.5. The number of esters is 1. The van der Waals surface area contributed by atoms with Crippen molar-refractivity contribution in [2.45, 2.75) is 19.6 Å². The van der Waals surface area contributed by atoms with Crippen LogP contribution in [0.2, 0.25) is 5.02 Å². The second-order valence-electron chi connectivity index (χ2n) is 6.09. The molecular formula is C20H19ClF2N2O5. The summed E-state index contributed by atoms with van der Waals surface area (Å²) in [4.78, 5) is 35.6. The molecule has 0 bridgehead atoms. The summed E-state index contributed by atoms with van der Waals surface area (Å²) in [6.07, 6.45) is 0. The van der Waals surface area contributed by atoms with Gasteiger partial charge in [0.15, 0.2) is 6.61 Å². The zero-order valence-electron chi connectivity index (χ0n) is 15.9. The molecule has 10 heteroatoms. The SMILES string of the molecule is C[C@@H](NC(=O)COC(=O)CNC(=O)c1cccc(OC(F)F)c1)c1ccc(Cl)cc1. The van der Waals surface area contributed by atoms with Crippen molar-refractivity contribution in [1.82, 2.24) is 10.6 Å². The maximum absolute atomic E-state index is 12.2. The van der Waals surface area contributed by atoms with Crippen molar-refractivity contribution < 1.29 is 32.6 Å². The van der Waals surface area contributed by atoms with Gasteiger partial charge >= 0.3 is 12.6 Å². The highest BCUT2D eigenvalue weighted by molar-refractivity contribution is 6.30. The second kappa shape index (κ2) is 11.1. The Morgan fingerprint density at radius 3 is 2.47 bits per heavy atom. The van der Waals surface area contributed by atoms with E-state index in [0.29, 0.717) is 5.02 Å². The Bertz CT molecular complexity index is 893. The lowest BCUT2D eigenvalue weighted by atomic mass is 10.1. The van der Waals surface area contributed by atoms with Gasteiger partial charge < -0.3 is 20.1 Å². The average Bonchev–Trinajstić information content (AvgIpc) is 2.70. The van der Waals surface area contributed by atoms with Gasteiger partial charge in [-0.3, -0.25) is 14.4 Å². The molecule has 2 aromatic carbocycles. The van der Waals surface area contributed by atoms with Gasteiger partial charge in [-0.15, -0.1) is 0 Å². The molecule has 2 aromatic rings. The molecule has 0 aliphatic heterocycles. The Labute approximate surface area is 176 Å². The highest BCUT2D eigenvalue weighted by Crippen LogP contribution is 2.16. The third kappa shape index (κ3) is 7.67. The summed E-state index contributed by atoms with van der Waals surface area (Å²) in [5.74, 6) is -2.23. The number of halogens is 3. The van der Waals surface area contributed by atoms with Gasteiger partial charge in [-0.2, -0.15) is 8.78 Å². The van der Waals surface area contributed by atoms with Gasteiger partial charge in [0.05, 0.1) is 6.04 Å². The minimum Gasteiger partial charge on any atom is -0.454 e. The number of hydrogen-bond donors (Lipinski definition) is 2. The first-order valence-electron chi connectivity index (χ1n) is 8.78. The van der Waals surface area contributed by atoms with Crippen molar-refractivity contribution in [3.63, 3.8) is 0 Å². The fraction of sp³-hybridized carbons (Fsp3) is 0.250. The van der Waals surface area contributed by atoms with E-state index in [1.165, 1.54) is 18.2 Å². The standard InChI is InChI=1S/C20H19ClF2N2O5/c1-12(13-5-7-15(21)8-6-13)25-17(26)11-29-18(27)10-24-19(28)14-3-2-4-16(9-14)30-20(22)23/h2-9,12,20H,10-11H2,1H3,(H,24,28)(H,25,26)/t12-/m1/s1. The third-order valence-corrected chi connectivity index (χ3v) is 4.08. The predicted octanol–water partition coefficient (Wildman–Crippen LogP) is 3.09. The van der Waals surface area contributed by atoms with E-state index in [2.05, 4.69) is 15.4 Å². The lowest BCUT2D eigenvalue weighted by molar-refractivity contribution is -0.147. The van der Waals surface area contributed by atoms with E-state index < -0.39 is 37.5 Å². The van der Waals surface area contributed by atoms with E-state index in [0.717, 1.165) is 11.6 Å². The largest absolute Gasteiger partial charge is 0.454 e. The van der Waals surface area contributed by atoms with Gasteiger partial charge in [0.25, 0.3) is 11.8 Å². The summed E-state index contributed by atoms with van der Waals surface area (Å²) in [6, 6.07) is 11.7. The zero-order chi connectivity index (χ0) is 22.1. The molecule has 0 radical (unpaired) electrons. The van der Waals surface area contributed by atoms with Crippen molar-refractivity contribution >= 4 is 29.4 Å². The van der Waals surface area contributed by atoms with Crippen LogP contribution in [0.4, 0.5) is 8.78 Å². The number of hydrogen-bond acceptors (Lipinski definition) is 5. The van der Waals surface area contributed by atoms with Crippen molar-refractivity contribution in [1.29, 1.82) is 0 Å². The molecule has 0 heterocycles. The summed E-state index contributed by atoms with van der Waals surface area (Å²) in [5.41, 5.74) is 0.847.